The highest BCUT2D eigenvalue weighted by Crippen LogP contribution is 2.21. The SMILES string of the molecule is CC(C)(C)NCCCN1CCN2CCCC2C1. The molecule has 17 heavy (non-hydrogen) atoms. The first-order chi connectivity index (χ1) is 8.04. The van der Waals surface area contributed by atoms with Crippen molar-refractivity contribution in [3.8, 4) is 0 Å². The van der Waals surface area contributed by atoms with Gasteiger partial charge >= 0.3 is 0 Å². The molecule has 0 amide bonds. The molecule has 3 heteroatoms. The van der Waals surface area contributed by atoms with Gasteiger partial charge in [0.05, 0.1) is 0 Å². The predicted octanol–water partition coefficient (Wildman–Crippen LogP) is 1.54. The van der Waals surface area contributed by atoms with E-state index in [0.717, 1.165) is 12.6 Å². The first-order valence-corrected chi connectivity index (χ1v) is 7.26. The molecule has 2 aliphatic rings. The van der Waals surface area contributed by atoms with Crippen LogP contribution in [0.25, 0.3) is 0 Å². The largest absolute Gasteiger partial charge is 0.312 e. The second kappa shape index (κ2) is 5.68. The number of hydrogen-bond donors (Lipinski definition) is 1. The van der Waals surface area contributed by atoms with E-state index in [9.17, 15) is 0 Å². The lowest BCUT2D eigenvalue weighted by atomic mass is 10.1. The molecule has 1 atom stereocenters. The van der Waals surface area contributed by atoms with Crippen molar-refractivity contribution in [3.63, 3.8) is 0 Å². The van der Waals surface area contributed by atoms with Crippen molar-refractivity contribution in [1.82, 2.24) is 15.1 Å². The van der Waals surface area contributed by atoms with Crippen LogP contribution in [0.2, 0.25) is 0 Å². The van der Waals surface area contributed by atoms with Crippen molar-refractivity contribution < 1.29 is 0 Å². The summed E-state index contributed by atoms with van der Waals surface area (Å²) in [7, 11) is 0. The van der Waals surface area contributed by atoms with Crippen LogP contribution in [0.3, 0.4) is 0 Å². The standard InChI is InChI=1S/C14H29N3/c1-14(2,3)15-7-5-8-16-10-11-17-9-4-6-13(17)12-16/h13,15H,4-12H2,1-3H3. The molecule has 1 unspecified atom stereocenters. The molecule has 1 N–H and O–H groups in total. The Bertz CT molecular complexity index is 234. The lowest BCUT2D eigenvalue weighted by Gasteiger charge is -2.37. The van der Waals surface area contributed by atoms with Crippen LogP contribution in [-0.4, -0.2) is 60.6 Å². The zero-order chi connectivity index (χ0) is 12.3. The van der Waals surface area contributed by atoms with Gasteiger partial charge in [-0.3, -0.25) is 4.90 Å². The molecule has 0 aromatic heterocycles. The average molecular weight is 239 g/mol. The molecule has 0 radical (unpaired) electrons. The second-order valence-electron chi connectivity index (χ2n) is 6.66. The fraction of sp³-hybridized carbons (Fsp3) is 1.00. The molecule has 0 spiro atoms. The van der Waals surface area contributed by atoms with Crippen molar-refractivity contribution in [2.45, 2.75) is 51.6 Å². The fourth-order valence-corrected chi connectivity index (χ4v) is 3.02. The molecular weight excluding hydrogens is 210 g/mol. The zero-order valence-electron chi connectivity index (χ0n) is 11.8. The third kappa shape index (κ3) is 4.23. The zero-order valence-corrected chi connectivity index (χ0v) is 11.8. The van der Waals surface area contributed by atoms with E-state index >= 15 is 0 Å². The topological polar surface area (TPSA) is 18.5 Å². The number of hydrogen-bond acceptors (Lipinski definition) is 3. The summed E-state index contributed by atoms with van der Waals surface area (Å²) < 4.78 is 0. The van der Waals surface area contributed by atoms with Crippen molar-refractivity contribution in [2.75, 3.05) is 39.3 Å². The maximum absolute atomic E-state index is 3.57. The van der Waals surface area contributed by atoms with E-state index in [-0.39, 0.29) is 5.54 Å². The summed E-state index contributed by atoms with van der Waals surface area (Å²) in [6, 6.07) is 0.874. The van der Waals surface area contributed by atoms with E-state index < -0.39 is 0 Å². The van der Waals surface area contributed by atoms with Gasteiger partial charge in [0.15, 0.2) is 0 Å². The molecular formula is C14H29N3. The van der Waals surface area contributed by atoms with Crippen LogP contribution in [-0.2, 0) is 0 Å². The highest BCUT2D eigenvalue weighted by Gasteiger charge is 2.29. The van der Waals surface area contributed by atoms with E-state index in [4.69, 9.17) is 0 Å². The summed E-state index contributed by atoms with van der Waals surface area (Å²) in [5.41, 5.74) is 0.268. The van der Waals surface area contributed by atoms with Crippen molar-refractivity contribution in [3.05, 3.63) is 0 Å². The summed E-state index contributed by atoms with van der Waals surface area (Å²) in [5, 5.41) is 3.57. The Hall–Kier alpha value is -0.120. The first kappa shape index (κ1) is 13.3. The number of piperazine rings is 1. The van der Waals surface area contributed by atoms with Gasteiger partial charge in [-0.05, 0) is 59.7 Å². The van der Waals surface area contributed by atoms with Crippen LogP contribution in [0.1, 0.15) is 40.0 Å². The van der Waals surface area contributed by atoms with Gasteiger partial charge in [0.2, 0.25) is 0 Å². The van der Waals surface area contributed by atoms with Gasteiger partial charge in [0, 0.05) is 31.2 Å². The normalized spacial score (nSPS) is 27.4. The van der Waals surface area contributed by atoms with Crippen LogP contribution in [0.5, 0.6) is 0 Å². The molecule has 0 aromatic carbocycles. The molecule has 0 saturated carbocycles. The Labute approximate surface area is 107 Å². The van der Waals surface area contributed by atoms with E-state index in [2.05, 4.69) is 35.9 Å². The highest BCUT2D eigenvalue weighted by molar-refractivity contribution is 4.86. The Balaban J connectivity index is 1.60. The molecule has 100 valence electrons. The van der Waals surface area contributed by atoms with Crippen LogP contribution in [0.15, 0.2) is 0 Å². The van der Waals surface area contributed by atoms with Crippen LogP contribution in [0, 0.1) is 0 Å². The van der Waals surface area contributed by atoms with E-state index in [1.807, 2.05) is 0 Å². The quantitative estimate of drug-likeness (QED) is 0.751. The maximum atomic E-state index is 3.57. The van der Waals surface area contributed by atoms with Gasteiger partial charge < -0.3 is 10.2 Å². The molecule has 0 aromatic rings. The van der Waals surface area contributed by atoms with Crippen molar-refractivity contribution >= 4 is 0 Å². The van der Waals surface area contributed by atoms with E-state index in [1.54, 1.807) is 0 Å². The molecule has 2 saturated heterocycles. The smallest absolute Gasteiger partial charge is 0.0224 e. The minimum absolute atomic E-state index is 0.268. The van der Waals surface area contributed by atoms with Gasteiger partial charge in [0.25, 0.3) is 0 Å². The van der Waals surface area contributed by atoms with Gasteiger partial charge in [-0.1, -0.05) is 0 Å². The summed E-state index contributed by atoms with van der Waals surface area (Å²) >= 11 is 0. The molecule has 2 aliphatic heterocycles. The molecule has 0 bridgehead atoms. The molecule has 0 aliphatic carbocycles. The number of nitrogens with one attached hydrogen (secondary N) is 1. The molecule has 3 nitrogen and oxygen atoms in total. The maximum Gasteiger partial charge on any atom is 0.0224 e. The Morgan fingerprint density at radius 2 is 2.00 bits per heavy atom. The lowest BCUT2D eigenvalue weighted by molar-refractivity contribution is 0.103. The minimum Gasteiger partial charge on any atom is -0.312 e. The average Bonchev–Trinajstić information content (AvgIpc) is 2.70. The van der Waals surface area contributed by atoms with Gasteiger partial charge in [-0.2, -0.15) is 0 Å². The van der Waals surface area contributed by atoms with Gasteiger partial charge in [0.1, 0.15) is 0 Å². The van der Waals surface area contributed by atoms with Crippen LogP contribution in [0.4, 0.5) is 0 Å². The van der Waals surface area contributed by atoms with E-state index in [1.165, 1.54) is 52.0 Å². The van der Waals surface area contributed by atoms with E-state index in [0.29, 0.717) is 0 Å². The number of fused-ring (bicyclic) bond motifs is 1. The second-order valence-corrected chi connectivity index (χ2v) is 6.66. The van der Waals surface area contributed by atoms with Gasteiger partial charge in [-0.15, -0.1) is 0 Å². The molecule has 2 heterocycles. The van der Waals surface area contributed by atoms with Crippen LogP contribution < -0.4 is 5.32 Å². The van der Waals surface area contributed by atoms with Crippen molar-refractivity contribution in [1.29, 1.82) is 0 Å². The summed E-state index contributed by atoms with van der Waals surface area (Å²) in [6.07, 6.45) is 4.13. The highest BCUT2D eigenvalue weighted by atomic mass is 15.3. The third-order valence-corrected chi connectivity index (χ3v) is 3.98. The summed E-state index contributed by atoms with van der Waals surface area (Å²) in [4.78, 5) is 5.35. The number of rotatable bonds is 4. The Morgan fingerprint density at radius 3 is 2.76 bits per heavy atom. The fourth-order valence-electron chi connectivity index (χ4n) is 3.02. The third-order valence-electron chi connectivity index (χ3n) is 3.98. The minimum atomic E-state index is 0.268. The summed E-state index contributed by atoms with van der Waals surface area (Å²) in [6.45, 7) is 14.4. The molecule has 2 fully saturated rings. The monoisotopic (exact) mass is 239 g/mol. The van der Waals surface area contributed by atoms with Gasteiger partial charge in [-0.25, -0.2) is 0 Å². The lowest BCUT2D eigenvalue weighted by Crippen LogP contribution is -2.50. The predicted molar refractivity (Wildman–Crippen MR) is 73.4 cm³/mol. The molecule has 2 rings (SSSR count). The van der Waals surface area contributed by atoms with Crippen LogP contribution >= 0.6 is 0 Å². The summed E-state index contributed by atoms with van der Waals surface area (Å²) in [5.74, 6) is 0. The Morgan fingerprint density at radius 1 is 1.18 bits per heavy atom. The first-order valence-electron chi connectivity index (χ1n) is 7.26. The van der Waals surface area contributed by atoms with Crippen molar-refractivity contribution in [2.24, 2.45) is 0 Å². The number of nitrogens with zero attached hydrogens (tertiary/aromatic N) is 2. The Kier molecular flexibility index (Phi) is 4.45.